The first-order chi connectivity index (χ1) is 26.3. The summed E-state index contributed by atoms with van der Waals surface area (Å²) in [5, 5.41) is 9.99. The normalized spacial score (nSPS) is 24.8. The van der Waals surface area contributed by atoms with Crippen LogP contribution in [0.25, 0.3) is 0 Å². The number of allylic oxidation sites excluding steroid dienone is 3. The number of rotatable bonds is 10. The van der Waals surface area contributed by atoms with Crippen LogP contribution in [0.3, 0.4) is 0 Å². The highest BCUT2D eigenvalue weighted by Crippen LogP contribution is 2.61. The van der Waals surface area contributed by atoms with Crippen LogP contribution < -0.4 is 14.5 Å². The van der Waals surface area contributed by atoms with Gasteiger partial charge in [-0.15, -0.1) is 0 Å². The molecule has 0 saturated carbocycles. The Labute approximate surface area is 324 Å². The molecule has 5 atom stereocenters. The number of nitrogens with zero attached hydrogens (tertiary/aromatic N) is 3. The molecule has 4 heterocycles. The average molecular weight is 766 g/mol. The fraction of sp³-hybridized carbons (Fsp3) is 0.432. The molecule has 0 aromatic heterocycles. The lowest BCUT2D eigenvalue weighted by Crippen LogP contribution is -2.45. The molecule has 9 nitrogen and oxygen atoms in total. The fourth-order valence-corrected chi connectivity index (χ4v) is 11.7. The molecule has 1 N–H and O–H groups in total. The second kappa shape index (κ2) is 15.2. The van der Waals surface area contributed by atoms with Gasteiger partial charge in [-0.05, 0) is 102 Å². The minimum Gasteiger partial charge on any atom is -0.454 e. The number of para-hydroxylation sites is 3. The molecule has 290 valence electrons. The van der Waals surface area contributed by atoms with Crippen LogP contribution in [0, 0.1) is 5.92 Å². The number of carbonyl (C=O) groups excluding carboxylic acids is 3. The monoisotopic (exact) mass is 765 g/mol. The van der Waals surface area contributed by atoms with Gasteiger partial charge in [0.05, 0.1) is 42.1 Å². The standard InChI is InChI=1S/C44H52FN3O6Si/c1-28(2)13-11-14-29(3)22-24-47-35-21-20-31(48-36-17-8-10-19-38(36)53-37-18-9-7-16-33(37)42(48)51)25-34(35)44(43(47)52)30(4)41(55(5,6)45)39(54-44)26-40(50)46-23-12-15-32(46)27-49/h7-10,13,16-22,25,30,32,39,41,49H,11-12,14-15,23-24,26-27H2,1-6H3/b29-22+/t30-,32-,39+,41-,44+/m0/s1. The van der Waals surface area contributed by atoms with Crippen LogP contribution >= 0.6 is 0 Å². The van der Waals surface area contributed by atoms with Crippen LogP contribution in [0.15, 0.2) is 90.0 Å². The topological polar surface area (TPSA) is 99.6 Å². The van der Waals surface area contributed by atoms with E-state index in [1.54, 1.807) is 46.0 Å². The van der Waals surface area contributed by atoms with E-state index in [2.05, 4.69) is 32.9 Å². The number of hydrogen-bond donors (Lipinski definition) is 1. The number of amides is 3. The number of likely N-dealkylation sites (tertiary alicyclic amines) is 1. The molecular formula is C44H52FN3O6Si. The first kappa shape index (κ1) is 38.7. The van der Waals surface area contributed by atoms with Gasteiger partial charge < -0.3 is 28.5 Å². The molecule has 2 fully saturated rings. The van der Waals surface area contributed by atoms with Gasteiger partial charge in [0.25, 0.3) is 11.8 Å². The average Bonchev–Trinajstić information content (AvgIpc) is 3.78. The van der Waals surface area contributed by atoms with Crippen LogP contribution in [-0.2, 0) is 19.9 Å². The van der Waals surface area contributed by atoms with E-state index >= 15 is 8.90 Å². The van der Waals surface area contributed by atoms with Crippen molar-refractivity contribution >= 4 is 43.2 Å². The van der Waals surface area contributed by atoms with Gasteiger partial charge in [0.1, 0.15) is 5.75 Å². The van der Waals surface area contributed by atoms with E-state index in [0.717, 1.165) is 24.8 Å². The van der Waals surface area contributed by atoms with Crippen LogP contribution in [0.1, 0.15) is 75.7 Å². The Balaban J connectivity index is 1.34. The van der Waals surface area contributed by atoms with E-state index in [1.807, 2.05) is 55.5 Å². The van der Waals surface area contributed by atoms with Crippen molar-refractivity contribution in [3.05, 3.63) is 101 Å². The molecule has 55 heavy (non-hydrogen) atoms. The van der Waals surface area contributed by atoms with Crippen molar-refractivity contribution in [2.24, 2.45) is 5.92 Å². The number of halogens is 1. The Morgan fingerprint density at radius 1 is 1.00 bits per heavy atom. The molecule has 0 aliphatic carbocycles. The van der Waals surface area contributed by atoms with Crippen LogP contribution in [0.4, 0.5) is 21.2 Å². The second-order valence-corrected chi connectivity index (χ2v) is 20.0. The maximum atomic E-state index is 16.7. The molecule has 0 bridgehead atoms. The Hall–Kier alpha value is -4.58. The molecular weight excluding hydrogens is 714 g/mol. The summed E-state index contributed by atoms with van der Waals surface area (Å²) in [4.78, 5) is 48.5. The van der Waals surface area contributed by atoms with Crippen molar-refractivity contribution in [2.45, 2.75) is 96.2 Å². The maximum Gasteiger partial charge on any atom is 0.266 e. The van der Waals surface area contributed by atoms with Crippen molar-refractivity contribution in [1.82, 2.24) is 4.90 Å². The number of ether oxygens (including phenoxy) is 2. The molecule has 1 spiro atoms. The third kappa shape index (κ3) is 6.95. The number of fused-ring (bicyclic) bond motifs is 4. The summed E-state index contributed by atoms with van der Waals surface area (Å²) in [6, 6.07) is 19.7. The number of benzene rings is 3. The minimum absolute atomic E-state index is 0.0919. The van der Waals surface area contributed by atoms with Gasteiger partial charge in [-0.3, -0.25) is 19.3 Å². The van der Waals surface area contributed by atoms with E-state index in [-0.39, 0.29) is 43.3 Å². The van der Waals surface area contributed by atoms with Gasteiger partial charge in [0.15, 0.2) is 11.4 Å². The summed E-state index contributed by atoms with van der Waals surface area (Å²) in [5.74, 6) is -0.494. The van der Waals surface area contributed by atoms with E-state index in [9.17, 15) is 14.7 Å². The minimum atomic E-state index is -3.57. The molecule has 2 saturated heterocycles. The first-order valence-electron chi connectivity index (χ1n) is 19.5. The van der Waals surface area contributed by atoms with Crippen LogP contribution in [0.2, 0.25) is 18.6 Å². The van der Waals surface area contributed by atoms with Gasteiger partial charge in [-0.1, -0.05) is 54.5 Å². The largest absolute Gasteiger partial charge is 0.454 e. The van der Waals surface area contributed by atoms with Gasteiger partial charge in [0.2, 0.25) is 14.3 Å². The zero-order valence-electron chi connectivity index (χ0n) is 32.7. The van der Waals surface area contributed by atoms with Crippen molar-refractivity contribution in [2.75, 3.05) is 29.5 Å². The lowest BCUT2D eigenvalue weighted by molar-refractivity contribution is -0.149. The fourth-order valence-electron chi connectivity index (χ4n) is 9.20. The van der Waals surface area contributed by atoms with Crippen LogP contribution in [-0.4, -0.2) is 68.0 Å². The lowest BCUT2D eigenvalue weighted by atomic mass is 9.82. The molecule has 4 aliphatic heterocycles. The Morgan fingerprint density at radius 3 is 2.45 bits per heavy atom. The third-order valence-electron chi connectivity index (χ3n) is 11.8. The quantitative estimate of drug-likeness (QED) is 0.126. The smallest absolute Gasteiger partial charge is 0.266 e. The second-order valence-electron chi connectivity index (χ2n) is 16.2. The highest BCUT2D eigenvalue weighted by Gasteiger charge is 2.67. The summed E-state index contributed by atoms with van der Waals surface area (Å²) < 4.78 is 29.9. The van der Waals surface area contributed by atoms with Crippen molar-refractivity contribution in [1.29, 1.82) is 0 Å². The SMILES string of the molecule is CC(C)=CCC/C(C)=C/CN1C(=O)[C@]2(O[C@H](CC(=O)N3CCC[C@H]3CO)[C@@H]([Si](C)(C)F)[C@@H]2C)c2cc(N3C(=O)c4ccccc4Oc4ccccc43)ccc21. The van der Waals surface area contributed by atoms with Gasteiger partial charge >= 0.3 is 0 Å². The molecule has 0 unspecified atom stereocenters. The lowest BCUT2D eigenvalue weighted by Gasteiger charge is -2.31. The number of carbonyl (C=O) groups is 3. The predicted octanol–water partition coefficient (Wildman–Crippen LogP) is 8.96. The summed E-state index contributed by atoms with van der Waals surface area (Å²) in [6.07, 6.45) is 6.53. The van der Waals surface area contributed by atoms with Gasteiger partial charge in [-0.25, -0.2) is 0 Å². The summed E-state index contributed by atoms with van der Waals surface area (Å²) in [5.41, 5.74) is 2.71. The Bertz CT molecular complexity index is 2060. The number of hydrogen-bond acceptors (Lipinski definition) is 6. The molecule has 11 heteroatoms. The van der Waals surface area contributed by atoms with Crippen molar-refractivity contribution < 1.29 is 33.1 Å². The van der Waals surface area contributed by atoms with Gasteiger partial charge in [0, 0.05) is 35.8 Å². The van der Waals surface area contributed by atoms with Crippen LogP contribution in [0.5, 0.6) is 11.5 Å². The molecule has 0 radical (unpaired) electrons. The molecule has 3 amide bonds. The molecule has 3 aromatic carbocycles. The summed E-state index contributed by atoms with van der Waals surface area (Å²) in [7, 11) is -3.57. The summed E-state index contributed by atoms with van der Waals surface area (Å²) in [6.45, 7) is 12.0. The zero-order chi connectivity index (χ0) is 39.2. The van der Waals surface area contributed by atoms with E-state index < -0.39 is 31.6 Å². The van der Waals surface area contributed by atoms with Crippen molar-refractivity contribution in [3.63, 3.8) is 0 Å². The molecule has 3 aromatic rings. The molecule has 7 rings (SSSR count). The number of anilines is 3. The summed E-state index contributed by atoms with van der Waals surface area (Å²) >= 11 is 0. The predicted molar refractivity (Wildman–Crippen MR) is 215 cm³/mol. The van der Waals surface area contributed by atoms with E-state index in [4.69, 9.17) is 9.47 Å². The highest BCUT2D eigenvalue weighted by molar-refractivity contribution is 6.72. The Morgan fingerprint density at radius 2 is 1.73 bits per heavy atom. The number of aliphatic hydroxyl groups is 1. The molecule has 4 aliphatic rings. The third-order valence-corrected chi connectivity index (χ3v) is 14.3. The van der Waals surface area contributed by atoms with Gasteiger partial charge in [-0.2, -0.15) is 0 Å². The maximum absolute atomic E-state index is 16.7. The first-order valence-corrected chi connectivity index (χ1v) is 22.4. The van der Waals surface area contributed by atoms with E-state index in [0.29, 0.717) is 52.7 Å². The Kier molecular flexibility index (Phi) is 10.7. The van der Waals surface area contributed by atoms with E-state index in [1.165, 1.54) is 5.57 Å². The van der Waals surface area contributed by atoms with Crippen molar-refractivity contribution in [3.8, 4) is 11.5 Å². The number of aliphatic hydroxyl groups excluding tert-OH is 1. The highest BCUT2D eigenvalue weighted by atomic mass is 28.4. The zero-order valence-corrected chi connectivity index (χ0v) is 33.7.